The molecule has 3 saturated heterocycles. The van der Waals surface area contributed by atoms with Gasteiger partial charge in [-0.2, -0.15) is 0 Å². The van der Waals surface area contributed by atoms with Gasteiger partial charge in [-0.25, -0.2) is 8.78 Å². The molecule has 0 aliphatic carbocycles. The lowest BCUT2D eigenvalue weighted by molar-refractivity contribution is -0.135. The third-order valence-corrected chi connectivity index (χ3v) is 7.99. The first kappa shape index (κ1) is 24.1. The molecule has 5 nitrogen and oxygen atoms in total. The van der Waals surface area contributed by atoms with Crippen molar-refractivity contribution in [3.8, 4) is 0 Å². The molecular weight excluding hydrogens is 450 g/mol. The van der Waals surface area contributed by atoms with E-state index in [9.17, 15) is 18.4 Å². The maximum atomic E-state index is 14.9. The van der Waals surface area contributed by atoms with Gasteiger partial charge in [0.15, 0.2) is 5.78 Å². The van der Waals surface area contributed by atoms with Crippen LogP contribution in [0.15, 0.2) is 48.5 Å². The Labute approximate surface area is 204 Å². The van der Waals surface area contributed by atoms with Gasteiger partial charge in [0.2, 0.25) is 5.91 Å². The van der Waals surface area contributed by atoms with Gasteiger partial charge in [-0.3, -0.25) is 14.5 Å². The number of amides is 1. The molecule has 0 bridgehead atoms. The van der Waals surface area contributed by atoms with E-state index >= 15 is 0 Å². The molecule has 7 heteroatoms. The second-order valence-electron chi connectivity index (χ2n) is 10.3. The largest absolute Gasteiger partial charge is 0.378 e. The van der Waals surface area contributed by atoms with E-state index in [1.54, 1.807) is 0 Å². The minimum absolute atomic E-state index is 0.125. The molecule has 3 fully saturated rings. The van der Waals surface area contributed by atoms with Crippen molar-refractivity contribution in [2.45, 2.75) is 44.2 Å². The van der Waals surface area contributed by atoms with E-state index in [-0.39, 0.29) is 29.8 Å². The zero-order valence-corrected chi connectivity index (χ0v) is 20.0. The Morgan fingerprint density at radius 2 is 1.94 bits per heavy atom. The van der Waals surface area contributed by atoms with Crippen LogP contribution >= 0.6 is 0 Å². The van der Waals surface area contributed by atoms with Crippen LogP contribution in [0, 0.1) is 29.4 Å². The number of rotatable bonds is 6. The summed E-state index contributed by atoms with van der Waals surface area (Å²) in [5, 5.41) is 2.88. The molecule has 0 saturated carbocycles. The van der Waals surface area contributed by atoms with Gasteiger partial charge in [-0.05, 0) is 49.3 Å². The maximum absolute atomic E-state index is 14.9. The Bertz CT molecular complexity index is 1080. The zero-order chi connectivity index (χ0) is 24.5. The number of hydrogen-bond acceptors (Lipinski definition) is 4. The predicted octanol–water partition coefficient (Wildman–Crippen LogP) is 3.72. The number of likely N-dealkylation sites (tertiary alicyclic amines) is 1. The summed E-state index contributed by atoms with van der Waals surface area (Å²) in [5.41, 5.74) is 1.43. The van der Waals surface area contributed by atoms with Gasteiger partial charge in [-0.1, -0.05) is 36.4 Å². The van der Waals surface area contributed by atoms with Crippen LogP contribution in [0.3, 0.4) is 0 Å². The number of carbonyl (C=O) groups excluding carboxylic acids is 2. The second-order valence-corrected chi connectivity index (χ2v) is 10.3. The second kappa shape index (κ2) is 10.2. The number of nitrogens with one attached hydrogen (secondary N) is 1. The van der Waals surface area contributed by atoms with Crippen molar-refractivity contribution in [3.63, 3.8) is 0 Å². The zero-order valence-electron chi connectivity index (χ0n) is 20.0. The van der Waals surface area contributed by atoms with Gasteiger partial charge in [0.05, 0.1) is 6.10 Å². The highest BCUT2D eigenvalue weighted by atomic mass is 19.1. The average molecular weight is 483 g/mol. The van der Waals surface area contributed by atoms with Crippen LogP contribution in [0.1, 0.15) is 36.8 Å². The molecule has 3 heterocycles. The van der Waals surface area contributed by atoms with Gasteiger partial charge < -0.3 is 10.1 Å². The molecule has 1 N–H and O–H groups in total. The first-order chi connectivity index (χ1) is 16.9. The molecule has 2 aromatic carbocycles. The summed E-state index contributed by atoms with van der Waals surface area (Å²) in [5.74, 6) is -3.50. The highest BCUT2D eigenvalue weighted by Crippen LogP contribution is 2.40. The summed E-state index contributed by atoms with van der Waals surface area (Å²) in [6.45, 7) is 4.13. The van der Waals surface area contributed by atoms with Gasteiger partial charge >= 0.3 is 0 Å². The molecule has 6 atom stereocenters. The summed E-state index contributed by atoms with van der Waals surface area (Å²) < 4.78 is 34.3. The van der Waals surface area contributed by atoms with E-state index < -0.39 is 29.4 Å². The molecule has 186 valence electrons. The van der Waals surface area contributed by atoms with Crippen LogP contribution in [-0.2, 0) is 20.7 Å². The Balaban J connectivity index is 1.43. The third-order valence-electron chi connectivity index (χ3n) is 7.99. The molecular formula is C28H32F2N2O3. The Hall–Kier alpha value is -2.64. The number of carbonyl (C=O) groups is 2. The van der Waals surface area contributed by atoms with E-state index in [0.717, 1.165) is 24.5 Å². The summed E-state index contributed by atoms with van der Waals surface area (Å²) in [4.78, 5) is 29.1. The van der Waals surface area contributed by atoms with E-state index in [2.05, 4.69) is 10.2 Å². The number of halogens is 2. The third kappa shape index (κ3) is 5.02. The minimum atomic E-state index is -0.764. The molecule has 1 amide bonds. The summed E-state index contributed by atoms with van der Waals surface area (Å²) in [6.07, 6.45) is 2.45. The lowest BCUT2D eigenvalue weighted by Crippen LogP contribution is -2.41. The van der Waals surface area contributed by atoms with Crippen LogP contribution in [0.25, 0.3) is 0 Å². The first-order valence-corrected chi connectivity index (χ1v) is 12.6. The van der Waals surface area contributed by atoms with Crippen LogP contribution in [0.2, 0.25) is 0 Å². The van der Waals surface area contributed by atoms with E-state index in [1.807, 2.05) is 37.3 Å². The number of nitrogens with zero attached hydrogens (tertiary/aromatic N) is 1. The molecule has 0 spiro atoms. The molecule has 0 unspecified atom stereocenters. The smallest absolute Gasteiger partial charge is 0.230 e. The molecule has 35 heavy (non-hydrogen) atoms. The number of ether oxygens (including phenoxy) is 1. The average Bonchev–Trinajstić information content (AvgIpc) is 3.43. The van der Waals surface area contributed by atoms with Crippen molar-refractivity contribution in [2.24, 2.45) is 17.8 Å². The van der Waals surface area contributed by atoms with Gasteiger partial charge in [0.25, 0.3) is 0 Å². The van der Waals surface area contributed by atoms with Crippen molar-refractivity contribution < 1.29 is 23.1 Å². The molecule has 0 radical (unpaired) electrons. The fourth-order valence-electron chi connectivity index (χ4n) is 6.22. The van der Waals surface area contributed by atoms with E-state index in [0.29, 0.717) is 38.2 Å². The SMILES string of the molecule is C[C@H]1C[C@@H](N2C[C@H](c3ccc(F)cc3F)[C@H](C(=O)[C@H]3C(=O)NC[C@H]3Cc3ccccc3)C2)CCO1. The van der Waals surface area contributed by atoms with Crippen LogP contribution in [-0.4, -0.2) is 55.0 Å². The van der Waals surface area contributed by atoms with Crippen LogP contribution in [0.4, 0.5) is 8.78 Å². The molecule has 0 aromatic heterocycles. The molecule has 3 aliphatic heterocycles. The standard InChI is InChI=1S/C28H32F2N2O3/c1-17-11-21(9-10-35-17)32-15-23(22-8-7-20(29)13-25(22)30)24(16-32)27(33)26-19(14-31-28(26)34)12-18-5-3-2-4-6-18/h2-8,13,17,19,21,23-24,26H,9-12,14-16H2,1H3,(H,31,34)/t17-,19+,21-,23+,24+,26-/m0/s1. The van der Waals surface area contributed by atoms with E-state index in [4.69, 9.17) is 4.74 Å². The monoisotopic (exact) mass is 482 g/mol. The number of benzene rings is 2. The predicted molar refractivity (Wildman–Crippen MR) is 128 cm³/mol. The highest BCUT2D eigenvalue weighted by molar-refractivity contribution is 6.04. The van der Waals surface area contributed by atoms with Gasteiger partial charge in [-0.15, -0.1) is 0 Å². The van der Waals surface area contributed by atoms with Crippen molar-refractivity contribution >= 4 is 11.7 Å². The topological polar surface area (TPSA) is 58.6 Å². The van der Waals surface area contributed by atoms with Gasteiger partial charge in [0.1, 0.15) is 17.6 Å². The Morgan fingerprint density at radius 3 is 2.69 bits per heavy atom. The lowest BCUT2D eigenvalue weighted by Gasteiger charge is -2.34. The Morgan fingerprint density at radius 1 is 1.14 bits per heavy atom. The number of ketones is 1. The van der Waals surface area contributed by atoms with Crippen LogP contribution in [0.5, 0.6) is 0 Å². The van der Waals surface area contributed by atoms with Crippen molar-refractivity contribution in [3.05, 3.63) is 71.3 Å². The van der Waals surface area contributed by atoms with Gasteiger partial charge in [0, 0.05) is 50.2 Å². The molecule has 5 rings (SSSR count). The summed E-state index contributed by atoms with van der Waals surface area (Å²) >= 11 is 0. The van der Waals surface area contributed by atoms with Crippen molar-refractivity contribution in [1.29, 1.82) is 0 Å². The number of Topliss-reactive ketones (excluding diaryl/α,β-unsaturated/α-hetero) is 1. The highest BCUT2D eigenvalue weighted by Gasteiger charge is 2.49. The molecule has 3 aliphatic rings. The molecule has 2 aromatic rings. The number of hydrogen-bond donors (Lipinski definition) is 1. The quantitative estimate of drug-likeness (QED) is 0.638. The lowest BCUT2D eigenvalue weighted by atomic mass is 9.77. The van der Waals surface area contributed by atoms with E-state index in [1.165, 1.54) is 12.1 Å². The first-order valence-electron chi connectivity index (χ1n) is 12.6. The maximum Gasteiger partial charge on any atom is 0.230 e. The Kier molecular flexibility index (Phi) is 6.98. The van der Waals surface area contributed by atoms with Crippen molar-refractivity contribution in [2.75, 3.05) is 26.2 Å². The summed E-state index contributed by atoms with van der Waals surface area (Å²) in [6, 6.07) is 13.7. The summed E-state index contributed by atoms with van der Waals surface area (Å²) in [7, 11) is 0. The minimum Gasteiger partial charge on any atom is -0.378 e. The fraction of sp³-hybridized carbons (Fsp3) is 0.500. The van der Waals surface area contributed by atoms with Crippen molar-refractivity contribution in [1.82, 2.24) is 10.2 Å². The normalized spacial score (nSPS) is 31.5. The van der Waals surface area contributed by atoms with Crippen LogP contribution < -0.4 is 5.32 Å². The fourth-order valence-corrected chi connectivity index (χ4v) is 6.22.